The Kier molecular flexibility index (Phi) is 6.79. The Morgan fingerprint density at radius 3 is 2.58 bits per heavy atom. The van der Waals surface area contributed by atoms with Crippen molar-refractivity contribution in [1.29, 1.82) is 0 Å². The van der Waals surface area contributed by atoms with Crippen molar-refractivity contribution in [3.8, 4) is 23.0 Å². The van der Waals surface area contributed by atoms with Crippen LogP contribution in [0.1, 0.15) is 16.7 Å². The number of pyridine rings is 2. The molecule has 10 heteroatoms. The van der Waals surface area contributed by atoms with Crippen LogP contribution in [0, 0.1) is 6.92 Å². The summed E-state index contributed by atoms with van der Waals surface area (Å²) in [7, 11) is 0.125. The van der Waals surface area contributed by atoms with Crippen molar-refractivity contribution >= 4 is 16.7 Å². The SMILES string of the molecule is COc1ncc(-c2ccc(C)c(OCc3cccc(C(F)(F)F)c3)n2)cc1NS(C)=O. The van der Waals surface area contributed by atoms with E-state index in [4.69, 9.17) is 9.47 Å². The van der Waals surface area contributed by atoms with Crippen molar-refractivity contribution in [3.63, 3.8) is 0 Å². The molecule has 6 nitrogen and oxygen atoms in total. The Labute approximate surface area is 180 Å². The lowest BCUT2D eigenvalue weighted by molar-refractivity contribution is -0.137. The van der Waals surface area contributed by atoms with E-state index in [9.17, 15) is 17.4 Å². The van der Waals surface area contributed by atoms with Gasteiger partial charge in [-0.3, -0.25) is 0 Å². The van der Waals surface area contributed by atoms with Gasteiger partial charge < -0.3 is 14.2 Å². The summed E-state index contributed by atoms with van der Waals surface area (Å²) in [5, 5.41) is 0. The first-order valence-corrected chi connectivity index (χ1v) is 10.6. The number of nitrogens with zero attached hydrogens (tertiary/aromatic N) is 2. The Balaban J connectivity index is 1.85. The number of anilines is 1. The van der Waals surface area contributed by atoms with Gasteiger partial charge in [-0.2, -0.15) is 13.2 Å². The van der Waals surface area contributed by atoms with Crippen molar-refractivity contribution in [2.45, 2.75) is 19.7 Å². The highest BCUT2D eigenvalue weighted by Gasteiger charge is 2.30. The zero-order chi connectivity index (χ0) is 22.6. The molecular formula is C21H20F3N3O3S. The first-order chi connectivity index (χ1) is 14.7. The van der Waals surface area contributed by atoms with Crippen LogP contribution >= 0.6 is 0 Å². The number of methoxy groups -OCH3 is 1. The molecule has 0 aliphatic heterocycles. The molecule has 0 radical (unpaired) electrons. The maximum absolute atomic E-state index is 12.9. The van der Waals surface area contributed by atoms with Crippen LogP contribution in [0.25, 0.3) is 11.3 Å². The fraction of sp³-hybridized carbons (Fsp3) is 0.238. The third-order valence-electron chi connectivity index (χ3n) is 4.27. The monoisotopic (exact) mass is 451 g/mol. The predicted molar refractivity (Wildman–Crippen MR) is 112 cm³/mol. The quantitative estimate of drug-likeness (QED) is 0.561. The van der Waals surface area contributed by atoms with Gasteiger partial charge in [-0.05, 0) is 36.8 Å². The van der Waals surface area contributed by atoms with E-state index in [0.29, 0.717) is 28.4 Å². The molecule has 0 fully saturated rings. The molecule has 0 spiro atoms. The number of aryl methyl sites for hydroxylation is 1. The smallest absolute Gasteiger partial charge is 0.416 e. The molecule has 3 rings (SSSR count). The fourth-order valence-corrected chi connectivity index (χ4v) is 3.24. The number of nitrogens with one attached hydrogen (secondary N) is 1. The first-order valence-electron chi connectivity index (χ1n) is 9.08. The van der Waals surface area contributed by atoms with Crippen LogP contribution in [-0.4, -0.2) is 27.5 Å². The van der Waals surface area contributed by atoms with E-state index in [0.717, 1.165) is 17.7 Å². The van der Waals surface area contributed by atoms with Crippen LogP contribution < -0.4 is 14.2 Å². The summed E-state index contributed by atoms with van der Waals surface area (Å²) in [4.78, 5) is 8.67. The molecule has 3 aromatic rings. The number of hydrogen-bond acceptors (Lipinski definition) is 5. The number of rotatable bonds is 7. The molecule has 0 aliphatic carbocycles. The van der Waals surface area contributed by atoms with E-state index in [1.807, 2.05) is 0 Å². The van der Waals surface area contributed by atoms with Crippen LogP contribution in [0.2, 0.25) is 0 Å². The van der Waals surface area contributed by atoms with Gasteiger partial charge in [-0.1, -0.05) is 18.2 Å². The lowest BCUT2D eigenvalue weighted by atomic mass is 10.1. The molecule has 2 heterocycles. The molecule has 0 saturated heterocycles. The van der Waals surface area contributed by atoms with Crippen molar-refractivity contribution in [2.24, 2.45) is 0 Å². The number of aromatic nitrogens is 2. The lowest BCUT2D eigenvalue weighted by Gasteiger charge is -2.13. The van der Waals surface area contributed by atoms with Gasteiger partial charge in [-0.25, -0.2) is 14.2 Å². The normalized spacial score (nSPS) is 12.3. The Morgan fingerprint density at radius 2 is 1.90 bits per heavy atom. The molecule has 0 amide bonds. The van der Waals surface area contributed by atoms with Gasteiger partial charge in [0.2, 0.25) is 11.8 Å². The highest BCUT2D eigenvalue weighted by atomic mass is 32.2. The van der Waals surface area contributed by atoms with E-state index >= 15 is 0 Å². The second-order valence-electron chi connectivity index (χ2n) is 6.64. The summed E-state index contributed by atoms with van der Waals surface area (Å²) in [5.41, 5.74) is 1.97. The second kappa shape index (κ2) is 9.34. The molecule has 0 aliphatic rings. The largest absolute Gasteiger partial charge is 0.480 e. The molecule has 0 saturated carbocycles. The van der Waals surface area contributed by atoms with Crippen LogP contribution in [0.4, 0.5) is 18.9 Å². The average Bonchev–Trinajstić information content (AvgIpc) is 2.72. The fourth-order valence-electron chi connectivity index (χ4n) is 2.79. The number of alkyl halides is 3. The summed E-state index contributed by atoms with van der Waals surface area (Å²) in [5.74, 6) is 0.575. The number of hydrogen-bond donors (Lipinski definition) is 1. The molecule has 1 atom stereocenters. The minimum Gasteiger partial charge on any atom is -0.480 e. The standard InChI is InChI=1S/C21H20F3N3O3S/c1-13-7-8-17(15-10-18(27-31(3)28)20(29-2)25-11-15)26-19(13)30-12-14-5-4-6-16(9-14)21(22,23)24/h4-11,27H,12H2,1-3H3. The minimum absolute atomic E-state index is 0.0658. The van der Waals surface area contributed by atoms with Gasteiger partial charge in [0.05, 0.1) is 18.4 Å². The summed E-state index contributed by atoms with van der Waals surface area (Å²) >= 11 is 0. The molecule has 0 bridgehead atoms. The summed E-state index contributed by atoms with van der Waals surface area (Å²) < 4.78 is 63.9. The van der Waals surface area contributed by atoms with Crippen LogP contribution in [0.3, 0.4) is 0 Å². The zero-order valence-corrected chi connectivity index (χ0v) is 17.8. The van der Waals surface area contributed by atoms with E-state index in [-0.39, 0.29) is 12.5 Å². The van der Waals surface area contributed by atoms with Crippen molar-refractivity contribution in [1.82, 2.24) is 9.97 Å². The van der Waals surface area contributed by atoms with Gasteiger partial charge in [-0.15, -0.1) is 0 Å². The Bertz CT molecular complexity index is 1110. The molecular weight excluding hydrogens is 431 g/mol. The third kappa shape index (κ3) is 5.72. The maximum Gasteiger partial charge on any atom is 0.416 e. The summed E-state index contributed by atoms with van der Waals surface area (Å²) in [6, 6.07) is 10.2. The average molecular weight is 451 g/mol. The highest BCUT2D eigenvalue weighted by Crippen LogP contribution is 2.31. The Hall–Kier alpha value is -3.14. The Morgan fingerprint density at radius 1 is 1.13 bits per heavy atom. The van der Waals surface area contributed by atoms with Crippen molar-refractivity contribution in [2.75, 3.05) is 18.1 Å². The lowest BCUT2D eigenvalue weighted by Crippen LogP contribution is -2.07. The van der Waals surface area contributed by atoms with Crippen LogP contribution in [-0.2, 0) is 23.8 Å². The molecule has 1 aromatic carbocycles. The zero-order valence-electron chi connectivity index (χ0n) is 17.0. The van der Waals surface area contributed by atoms with Gasteiger partial charge in [0.25, 0.3) is 0 Å². The third-order valence-corrected chi connectivity index (χ3v) is 4.78. The van der Waals surface area contributed by atoms with E-state index < -0.39 is 22.7 Å². The van der Waals surface area contributed by atoms with E-state index in [1.54, 1.807) is 37.4 Å². The predicted octanol–water partition coefficient (Wildman–Crippen LogP) is 4.76. The van der Waals surface area contributed by atoms with E-state index in [1.165, 1.54) is 19.4 Å². The van der Waals surface area contributed by atoms with Crippen LogP contribution in [0.5, 0.6) is 11.8 Å². The molecule has 164 valence electrons. The summed E-state index contributed by atoms with van der Waals surface area (Å²) in [6.07, 6.45) is -1.38. The van der Waals surface area contributed by atoms with E-state index in [2.05, 4.69) is 14.7 Å². The second-order valence-corrected chi connectivity index (χ2v) is 7.75. The summed E-state index contributed by atoms with van der Waals surface area (Å²) in [6.45, 7) is 1.72. The van der Waals surface area contributed by atoms with Crippen molar-refractivity contribution < 1.29 is 26.9 Å². The van der Waals surface area contributed by atoms with Gasteiger partial charge in [0, 0.05) is 23.6 Å². The maximum atomic E-state index is 12.9. The molecule has 1 unspecified atom stereocenters. The molecule has 1 N–H and O–H groups in total. The topological polar surface area (TPSA) is 73.3 Å². The first kappa shape index (κ1) is 22.5. The van der Waals surface area contributed by atoms with Gasteiger partial charge in [0.1, 0.15) is 23.3 Å². The number of halogens is 3. The van der Waals surface area contributed by atoms with Gasteiger partial charge in [0.15, 0.2) is 0 Å². The number of ether oxygens (including phenoxy) is 2. The minimum atomic E-state index is -4.42. The molecule has 31 heavy (non-hydrogen) atoms. The van der Waals surface area contributed by atoms with Gasteiger partial charge >= 0.3 is 6.18 Å². The number of benzene rings is 1. The van der Waals surface area contributed by atoms with Crippen molar-refractivity contribution in [3.05, 3.63) is 65.4 Å². The molecule has 2 aromatic heterocycles. The highest BCUT2D eigenvalue weighted by molar-refractivity contribution is 7.85. The van der Waals surface area contributed by atoms with Crippen LogP contribution in [0.15, 0.2) is 48.7 Å².